The number of hydrogen-bond acceptors (Lipinski definition) is 12. The van der Waals surface area contributed by atoms with Crippen LogP contribution >= 0.6 is 0 Å². The Kier molecular flexibility index (Phi) is 26.1. The number of aliphatic carboxylic acids is 1. The highest BCUT2D eigenvalue weighted by atomic mass is 16.6. The van der Waals surface area contributed by atoms with Crippen molar-refractivity contribution >= 4 is 53.4 Å². The molecule has 1 saturated carbocycles. The molecule has 0 radical (unpaired) electrons. The number of nitrogens with zero attached hydrogens (tertiary/aromatic N) is 4. The smallest absolute Gasteiger partial charge is 0.308 e. The predicted octanol–water partition coefficient (Wildman–Crippen LogP) is 9.30. The molecule has 7 rings (SSSR count). The number of ether oxygens (including phenoxy) is 3. The fourth-order valence-electron chi connectivity index (χ4n) is 11.8. The monoisotopic (exact) mass is 1200 g/mol. The zero-order valence-corrected chi connectivity index (χ0v) is 52.0. The molecule has 87 heavy (non-hydrogen) atoms. The van der Waals surface area contributed by atoms with Gasteiger partial charge in [0.15, 0.2) is 0 Å². The van der Waals surface area contributed by atoms with Gasteiger partial charge in [-0.05, 0) is 120 Å². The van der Waals surface area contributed by atoms with Gasteiger partial charge in [0.25, 0.3) is 0 Å². The van der Waals surface area contributed by atoms with Crippen molar-refractivity contribution in [3.63, 3.8) is 0 Å². The van der Waals surface area contributed by atoms with Crippen LogP contribution in [0.15, 0.2) is 121 Å². The molecule has 2 N–H and O–H groups in total. The molecule has 3 aliphatic rings. The predicted molar refractivity (Wildman–Crippen MR) is 329 cm³/mol. The minimum absolute atomic E-state index is 0.0848. The summed E-state index contributed by atoms with van der Waals surface area (Å²) in [6, 6.07) is 35.0. The number of benzene rings is 4. The lowest BCUT2D eigenvalue weighted by molar-refractivity contribution is -0.162. The van der Waals surface area contributed by atoms with Gasteiger partial charge in [-0.25, -0.2) is 0 Å². The van der Waals surface area contributed by atoms with Crippen molar-refractivity contribution in [1.29, 1.82) is 0 Å². The van der Waals surface area contributed by atoms with E-state index in [1.165, 1.54) is 16.8 Å². The van der Waals surface area contributed by atoms with Crippen LogP contribution in [-0.2, 0) is 83.4 Å². The maximum Gasteiger partial charge on any atom is 0.308 e. The van der Waals surface area contributed by atoms with Gasteiger partial charge in [-0.2, -0.15) is 0 Å². The molecule has 5 amide bonds. The van der Waals surface area contributed by atoms with Gasteiger partial charge in [0, 0.05) is 39.6 Å². The second-order valence-corrected chi connectivity index (χ2v) is 24.7. The van der Waals surface area contributed by atoms with E-state index >= 15 is 0 Å². The van der Waals surface area contributed by atoms with Gasteiger partial charge in [0.2, 0.25) is 29.5 Å². The zero-order valence-electron chi connectivity index (χ0n) is 52.0. The van der Waals surface area contributed by atoms with Crippen LogP contribution in [0.5, 0.6) is 0 Å². The van der Waals surface area contributed by atoms with Crippen LogP contribution in [0.25, 0.3) is 0 Å². The number of hydrogen-bond donors (Lipinski definition) is 2. The fraction of sp³-hybridized carbons (Fsp3) is 0.522. The largest absolute Gasteiger partial charge is 0.481 e. The van der Waals surface area contributed by atoms with Gasteiger partial charge < -0.3 is 44.2 Å². The highest BCUT2D eigenvalue weighted by Gasteiger charge is 2.50. The summed E-state index contributed by atoms with van der Waals surface area (Å²) in [6.45, 7) is 10.5. The SMILES string of the molecule is CC(C)[C@@H](C(=O)N(C)[C@@H](CC(=O)OC(C)(C)C)C(=O)N1CCCCC1)N(C)C(=O)C1(NC(=O)[C@@H]2CCCN2C(=O)[C@H](CCc2ccccc2)CC(=O)OCc2ccccc2)CCCC1.O=C(C[C@@H](CCc1ccccc1)C(=O)O)OCc1ccccc1. The maximum absolute atomic E-state index is 14.9. The lowest BCUT2D eigenvalue weighted by atomic mass is 9.91. The number of carboxylic acids is 1. The molecule has 2 heterocycles. The van der Waals surface area contributed by atoms with Gasteiger partial charge in [-0.3, -0.25) is 43.2 Å². The molecule has 470 valence electrons. The van der Waals surface area contributed by atoms with E-state index in [0.29, 0.717) is 83.8 Å². The van der Waals surface area contributed by atoms with Crippen molar-refractivity contribution in [2.45, 2.75) is 180 Å². The summed E-state index contributed by atoms with van der Waals surface area (Å²) in [5.74, 6) is -6.42. The highest BCUT2D eigenvalue weighted by Crippen LogP contribution is 2.35. The van der Waals surface area contributed by atoms with E-state index in [1.807, 2.05) is 135 Å². The first kappa shape index (κ1) is 68.2. The average Bonchev–Trinajstić information content (AvgIpc) is 2.19. The third-order valence-electron chi connectivity index (χ3n) is 16.5. The molecule has 0 bridgehead atoms. The summed E-state index contributed by atoms with van der Waals surface area (Å²) in [7, 11) is 3.06. The third-order valence-corrected chi connectivity index (χ3v) is 16.5. The van der Waals surface area contributed by atoms with Gasteiger partial charge >= 0.3 is 23.9 Å². The molecule has 4 aromatic rings. The number of nitrogens with one attached hydrogen (secondary N) is 1. The van der Waals surface area contributed by atoms with E-state index in [-0.39, 0.29) is 44.3 Å². The molecule has 18 heteroatoms. The second kappa shape index (κ2) is 33.3. The number of amides is 5. The summed E-state index contributed by atoms with van der Waals surface area (Å²) >= 11 is 0. The van der Waals surface area contributed by atoms with E-state index < -0.39 is 88.6 Å². The Morgan fingerprint density at radius 2 is 1.06 bits per heavy atom. The molecule has 1 aliphatic carbocycles. The molecule has 0 aromatic heterocycles. The Morgan fingerprint density at radius 3 is 1.53 bits per heavy atom. The molecule has 18 nitrogen and oxygen atoms in total. The van der Waals surface area contributed by atoms with Gasteiger partial charge in [-0.1, -0.05) is 148 Å². The van der Waals surface area contributed by atoms with Crippen molar-refractivity contribution in [3.05, 3.63) is 144 Å². The molecule has 0 spiro atoms. The molecule has 3 fully saturated rings. The number of carboxylic acid groups (broad SMARTS) is 1. The van der Waals surface area contributed by atoms with Crippen molar-refractivity contribution in [1.82, 2.24) is 24.9 Å². The average molecular weight is 1200 g/mol. The Labute approximate surface area is 513 Å². The van der Waals surface area contributed by atoms with Crippen LogP contribution in [-0.4, -0.2) is 141 Å². The highest BCUT2D eigenvalue weighted by molar-refractivity contribution is 5.99. The first-order valence-electron chi connectivity index (χ1n) is 30.9. The lowest BCUT2D eigenvalue weighted by Gasteiger charge is -2.41. The van der Waals surface area contributed by atoms with Crippen LogP contribution in [0.1, 0.15) is 147 Å². The minimum atomic E-state index is -1.33. The summed E-state index contributed by atoms with van der Waals surface area (Å²) in [4.78, 5) is 128. The van der Waals surface area contributed by atoms with Crippen LogP contribution in [0.4, 0.5) is 0 Å². The summed E-state index contributed by atoms with van der Waals surface area (Å²) in [5.41, 5.74) is 1.68. The van der Waals surface area contributed by atoms with E-state index in [1.54, 1.807) is 37.6 Å². The topological polar surface area (TPSA) is 227 Å². The van der Waals surface area contributed by atoms with Crippen LogP contribution < -0.4 is 5.32 Å². The first-order valence-corrected chi connectivity index (χ1v) is 30.9. The molecule has 2 aliphatic heterocycles. The van der Waals surface area contributed by atoms with Gasteiger partial charge in [0.05, 0.1) is 25.2 Å². The standard InChI is InChI=1S/C50H71N5O9.C19H20O4/c1-35(2)43(47(61)52(6)40(33-42(57)64-49(3,4)5)46(60)54-29-17-10-18-30-54)53(7)48(62)50(27-15-16-28-50)51-44(58)39-24-19-31-55(39)45(59)38(26-25-36-20-11-8-12-21-36)32-41(56)63-34-37-22-13-9-14-23-37;20-18(23-14-16-9-5-2-6-10-16)13-17(19(21)22)12-11-15-7-3-1-4-8-15/h8-9,11-14,20-23,35,38-40,43H,10,15-19,24-34H2,1-7H3,(H,51,58);1-10,17H,11-14H2,(H,21,22)/t38-,39+,40+,43+;17-/m11/s1. The number of aryl methyl sites for hydroxylation is 2. The molecule has 2 saturated heterocycles. The number of rotatable bonds is 26. The Bertz CT molecular complexity index is 2890. The van der Waals surface area contributed by atoms with E-state index in [0.717, 1.165) is 41.5 Å². The number of likely N-dealkylation sites (N-methyl/N-ethyl adjacent to an activating group) is 2. The zero-order chi connectivity index (χ0) is 63.1. The lowest BCUT2D eigenvalue weighted by Crippen LogP contribution is -2.64. The Balaban J connectivity index is 0.000000438. The van der Waals surface area contributed by atoms with Crippen LogP contribution in [0.2, 0.25) is 0 Å². The quantitative estimate of drug-likeness (QED) is 0.0442. The van der Waals surface area contributed by atoms with E-state index in [4.69, 9.17) is 14.2 Å². The van der Waals surface area contributed by atoms with Crippen molar-refractivity contribution < 1.29 is 62.5 Å². The maximum atomic E-state index is 14.9. The van der Waals surface area contributed by atoms with Crippen molar-refractivity contribution in [3.8, 4) is 0 Å². The van der Waals surface area contributed by atoms with Crippen LogP contribution in [0.3, 0.4) is 0 Å². The fourth-order valence-corrected chi connectivity index (χ4v) is 11.8. The molecular formula is C69H91N5O13. The summed E-state index contributed by atoms with van der Waals surface area (Å²) < 4.78 is 16.4. The van der Waals surface area contributed by atoms with E-state index in [2.05, 4.69) is 5.32 Å². The van der Waals surface area contributed by atoms with Gasteiger partial charge in [-0.15, -0.1) is 0 Å². The minimum Gasteiger partial charge on any atom is -0.481 e. The van der Waals surface area contributed by atoms with Gasteiger partial charge in [0.1, 0.15) is 42.5 Å². The number of carbonyl (C=O) groups excluding carboxylic acids is 8. The Morgan fingerprint density at radius 1 is 0.586 bits per heavy atom. The van der Waals surface area contributed by atoms with E-state index in [9.17, 15) is 48.3 Å². The number of likely N-dealkylation sites (tertiary alicyclic amines) is 2. The normalized spacial score (nSPS) is 16.9. The summed E-state index contributed by atoms with van der Waals surface area (Å²) in [5, 5.41) is 12.4. The number of piperidine rings is 1. The second-order valence-electron chi connectivity index (χ2n) is 24.7. The molecule has 5 atom stereocenters. The van der Waals surface area contributed by atoms with Crippen molar-refractivity contribution in [2.24, 2.45) is 17.8 Å². The molecule has 4 aromatic carbocycles. The molecular weight excluding hydrogens is 1110 g/mol. The first-order chi connectivity index (χ1) is 41.6. The number of esters is 3. The third kappa shape index (κ3) is 20.9. The Hall–Kier alpha value is -7.89. The number of carbonyl (C=O) groups is 9. The summed E-state index contributed by atoms with van der Waals surface area (Å²) in [6.07, 6.45) is 7.04. The molecule has 0 unspecified atom stereocenters. The van der Waals surface area contributed by atoms with Crippen LogP contribution in [0, 0.1) is 17.8 Å². The van der Waals surface area contributed by atoms with Crippen molar-refractivity contribution in [2.75, 3.05) is 33.7 Å².